The summed E-state index contributed by atoms with van der Waals surface area (Å²) in [5, 5.41) is 9.04. The number of benzene rings is 1. The number of carboxylic acid groups (broad SMARTS) is 1. The molecule has 0 aromatic heterocycles. The maximum absolute atomic E-state index is 12.7. The number of piperazine rings is 1. The fourth-order valence-corrected chi connectivity index (χ4v) is 4.12. The zero-order valence-corrected chi connectivity index (χ0v) is 13.3. The van der Waals surface area contributed by atoms with Crippen molar-refractivity contribution >= 4 is 21.9 Å². The lowest BCUT2D eigenvalue weighted by Crippen LogP contribution is -2.59. The van der Waals surface area contributed by atoms with Gasteiger partial charge in [-0.3, -0.25) is 9.59 Å². The van der Waals surface area contributed by atoms with E-state index in [9.17, 15) is 18.0 Å². The molecule has 1 aromatic rings. The summed E-state index contributed by atoms with van der Waals surface area (Å²) in [5.74, 6) is -1.74. The van der Waals surface area contributed by atoms with Gasteiger partial charge in [-0.1, -0.05) is 24.3 Å². The number of hydrogen-bond donors (Lipinski definition) is 1. The van der Waals surface area contributed by atoms with E-state index in [0.717, 1.165) is 4.31 Å². The van der Waals surface area contributed by atoms with E-state index in [4.69, 9.17) is 5.11 Å². The molecule has 0 bridgehead atoms. The Morgan fingerprint density at radius 3 is 2.52 bits per heavy atom. The molecular weight excluding hydrogens is 320 g/mol. The van der Waals surface area contributed by atoms with Crippen molar-refractivity contribution < 1.29 is 23.1 Å². The maximum Gasteiger partial charge on any atom is 0.305 e. The molecule has 1 amide bonds. The summed E-state index contributed by atoms with van der Waals surface area (Å²) in [4.78, 5) is 25.0. The van der Waals surface area contributed by atoms with Crippen LogP contribution < -0.4 is 0 Å². The Hall–Kier alpha value is -2.19. The highest BCUT2D eigenvalue weighted by Gasteiger charge is 2.42. The smallest absolute Gasteiger partial charge is 0.305 e. The second-order valence-electron chi connectivity index (χ2n) is 5.12. The Bertz CT molecular complexity index is 702. The predicted molar refractivity (Wildman–Crippen MR) is 83.2 cm³/mol. The maximum atomic E-state index is 12.7. The highest BCUT2D eigenvalue weighted by atomic mass is 32.2. The molecule has 0 aliphatic carbocycles. The molecule has 7 nitrogen and oxygen atoms in total. The SMILES string of the molecule is C=CCN1CCN(S(=O)(=O)c2ccccc2)C(CC(=O)O)C1=O. The minimum absolute atomic E-state index is 0.0420. The molecule has 2 rings (SSSR count). The van der Waals surface area contributed by atoms with E-state index in [0.29, 0.717) is 0 Å². The molecule has 0 radical (unpaired) electrons. The molecule has 8 heteroatoms. The van der Waals surface area contributed by atoms with Gasteiger partial charge in [-0.25, -0.2) is 8.42 Å². The molecule has 0 saturated carbocycles. The third kappa shape index (κ3) is 3.59. The lowest BCUT2D eigenvalue weighted by molar-refractivity contribution is -0.146. The Morgan fingerprint density at radius 1 is 1.30 bits per heavy atom. The number of carbonyl (C=O) groups is 2. The first-order valence-electron chi connectivity index (χ1n) is 7.06. The number of sulfonamides is 1. The lowest BCUT2D eigenvalue weighted by Gasteiger charge is -2.38. The minimum Gasteiger partial charge on any atom is -0.481 e. The van der Waals surface area contributed by atoms with E-state index in [2.05, 4.69) is 6.58 Å². The van der Waals surface area contributed by atoms with Crippen LogP contribution in [0.5, 0.6) is 0 Å². The molecule has 1 saturated heterocycles. The van der Waals surface area contributed by atoms with Crippen LogP contribution in [0.15, 0.2) is 47.9 Å². The first kappa shape index (κ1) is 17.2. The third-order valence-corrected chi connectivity index (χ3v) is 5.52. The van der Waals surface area contributed by atoms with Crippen LogP contribution in [0.1, 0.15) is 6.42 Å². The van der Waals surface area contributed by atoms with E-state index in [1.165, 1.54) is 23.1 Å². The largest absolute Gasteiger partial charge is 0.481 e. The molecule has 1 heterocycles. The van der Waals surface area contributed by atoms with Crippen LogP contribution >= 0.6 is 0 Å². The van der Waals surface area contributed by atoms with Crippen molar-refractivity contribution in [2.45, 2.75) is 17.4 Å². The average molecular weight is 338 g/mol. The predicted octanol–water partition coefficient (Wildman–Crippen LogP) is 0.549. The number of carboxylic acids is 1. The standard InChI is InChI=1S/C15H18N2O5S/c1-2-8-16-9-10-17(13(15(16)20)11-14(18)19)23(21,22)12-6-4-3-5-7-12/h2-7,13H,1,8-11H2,(H,18,19). The molecule has 1 unspecified atom stereocenters. The topological polar surface area (TPSA) is 95.0 Å². The quantitative estimate of drug-likeness (QED) is 0.764. The highest BCUT2D eigenvalue weighted by Crippen LogP contribution is 2.24. The number of carbonyl (C=O) groups excluding carboxylic acids is 1. The zero-order valence-electron chi connectivity index (χ0n) is 12.5. The van der Waals surface area contributed by atoms with Crippen molar-refractivity contribution in [2.75, 3.05) is 19.6 Å². The van der Waals surface area contributed by atoms with Gasteiger partial charge in [0.25, 0.3) is 0 Å². The first-order chi connectivity index (χ1) is 10.9. The van der Waals surface area contributed by atoms with Gasteiger partial charge in [-0.2, -0.15) is 4.31 Å². The molecule has 23 heavy (non-hydrogen) atoms. The van der Waals surface area contributed by atoms with Crippen molar-refractivity contribution in [1.82, 2.24) is 9.21 Å². The van der Waals surface area contributed by atoms with Crippen molar-refractivity contribution in [3.05, 3.63) is 43.0 Å². The van der Waals surface area contributed by atoms with Crippen molar-refractivity contribution in [2.24, 2.45) is 0 Å². The highest BCUT2D eigenvalue weighted by molar-refractivity contribution is 7.89. The number of amides is 1. The monoisotopic (exact) mass is 338 g/mol. The Kier molecular flexibility index (Phi) is 5.17. The fourth-order valence-electron chi connectivity index (χ4n) is 2.53. The van der Waals surface area contributed by atoms with Gasteiger partial charge in [0.2, 0.25) is 15.9 Å². The van der Waals surface area contributed by atoms with Gasteiger partial charge >= 0.3 is 5.97 Å². The number of aliphatic carboxylic acids is 1. The summed E-state index contributed by atoms with van der Waals surface area (Å²) in [7, 11) is -3.93. The third-order valence-electron chi connectivity index (χ3n) is 3.60. The van der Waals surface area contributed by atoms with Gasteiger partial charge in [-0.05, 0) is 12.1 Å². The molecule has 124 valence electrons. The molecule has 1 aromatic carbocycles. The second kappa shape index (κ2) is 6.93. The van der Waals surface area contributed by atoms with Crippen LogP contribution in [0.2, 0.25) is 0 Å². The van der Waals surface area contributed by atoms with Crippen LogP contribution in [0, 0.1) is 0 Å². The summed E-state index contributed by atoms with van der Waals surface area (Å²) in [6.07, 6.45) is 0.954. The van der Waals surface area contributed by atoms with Crippen LogP contribution in [-0.4, -0.2) is 60.3 Å². The Morgan fingerprint density at radius 2 is 1.96 bits per heavy atom. The molecule has 0 spiro atoms. The average Bonchev–Trinajstić information content (AvgIpc) is 2.51. The van der Waals surface area contributed by atoms with Gasteiger partial charge in [0.15, 0.2) is 0 Å². The number of nitrogens with zero attached hydrogens (tertiary/aromatic N) is 2. The van der Waals surface area contributed by atoms with Crippen molar-refractivity contribution in [1.29, 1.82) is 0 Å². The van der Waals surface area contributed by atoms with Crippen molar-refractivity contribution in [3.8, 4) is 0 Å². The van der Waals surface area contributed by atoms with E-state index in [-0.39, 0.29) is 24.5 Å². The summed E-state index contributed by atoms with van der Waals surface area (Å²) >= 11 is 0. The lowest BCUT2D eigenvalue weighted by atomic mass is 10.1. The Labute approximate surface area is 134 Å². The van der Waals surface area contributed by atoms with Gasteiger partial charge < -0.3 is 10.0 Å². The molecule has 1 aliphatic heterocycles. The minimum atomic E-state index is -3.93. The fraction of sp³-hybridized carbons (Fsp3) is 0.333. The van der Waals surface area contributed by atoms with Crippen LogP contribution in [0.3, 0.4) is 0 Å². The van der Waals surface area contributed by atoms with E-state index >= 15 is 0 Å². The van der Waals surface area contributed by atoms with E-state index in [1.54, 1.807) is 18.2 Å². The van der Waals surface area contributed by atoms with E-state index in [1.807, 2.05) is 0 Å². The van der Waals surface area contributed by atoms with E-state index < -0.39 is 34.4 Å². The van der Waals surface area contributed by atoms with Gasteiger partial charge in [-0.15, -0.1) is 6.58 Å². The summed E-state index contributed by atoms with van der Waals surface area (Å²) in [6, 6.07) is 6.44. The second-order valence-corrected chi connectivity index (χ2v) is 7.01. The molecule has 1 fully saturated rings. The molecular formula is C15H18N2O5S. The van der Waals surface area contributed by atoms with Gasteiger partial charge in [0.1, 0.15) is 6.04 Å². The summed E-state index contributed by atoms with van der Waals surface area (Å²) in [5.41, 5.74) is 0. The van der Waals surface area contributed by atoms with Gasteiger partial charge in [0, 0.05) is 19.6 Å². The van der Waals surface area contributed by atoms with Crippen LogP contribution in [0.25, 0.3) is 0 Å². The van der Waals surface area contributed by atoms with Crippen LogP contribution in [0.4, 0.5) is 0 Å². The molecule has 1 atom stereocenters. The number of rotatable bonds is 6. The van der Waals surface area contributed by atoms with Gasteiger partial charge in [0.05, 0.1) is 11.3 Å². The molecule has 1 aliphatic rings. The normalized spacial score (nSPS) is 19.6. The Balaban J connectivity index is 2.37. The first-order valence-corrected chi connectivity index (χ1v) is 8.50. The number of hydrogen-bond acceptors (Lipinski definition) is 4. The zero-order chi connectivity index (χ0) is 17.0. The summed E-state index contributed by atoms with van der Waals surface area (Å²) < 4.78 is 26.4. The summed E-state index contributed by atoms with van der Waals surface area (Å²) in [6.45, 7) is 4.06. The van der Waals surface area contributed by atoms with Crippen LogP contribution in [-0.2, 0) is 19.6 Å². The molecule has 1 N–H and O–H groups in total. The van der Waals surface area contributed by atoms with Crippen molar-refractivity contribution in [3.63, 3.8) is 0 Å².